The molecule has 0 saturated carbocycles. The van der Waals surface area contributed by atoms with Crippen LogP contribution in [0.1, 0.15) is 24.4 Å². The molecule has 3 N–H and O–H groups in total. The van der Waals surface area contributed by atoms with Gasteiger partial charge in [-0.05, 0) is 30.5 Å². The molecule has 0 fully saturated rings. The van der Waals surface area contributed by atoms with E-state index in [1.807, 2.05) is 0 Å². The minimum Gasteiger partial charge on any atom is -0.396 e. The zero-order chi connectivity index (χ0) is 10.6. The quantitative estimate of drug-likeness (QED) is 0.843. The smallest absolute Gasteiger partial charge is 0.126 e. The van der Waals surface area contributed by atoms with Crippen molar-refractivity contribution in [3.8, 4) is 0 Å². The van der Waals surface area contributed by atoms with Crippen LogP contribution in [0, 0.1) is 11.6 Å². The van der Waals surface area contributed by atoms with Gasteiger partial charge in [0.05, 0.1) is 0 Å². The lowest BCUT2D eigenvalue weighted by atomic mass is 10.0. The Morgan fingerprint density at radius 2 is 1.73 bits per heavy atom. The van der Waals surface area contributed by atoms with Crippen molar-refractivity contribution in [3.63, 3.8) is 0 Å². The van der Waals surface area contributed by atoms with Gasteiger partial charge in [-0.1, -0.05) is 0 Å². The highest BCUT2D eigenvalue weighted by atomic mass is 35.5. The van der Waals surface area contributed by atoms with Crippen molar-refractivity contribution >= 4 is 12.4 Å². The number of hydrogen-bond donors (Lipinski definition) is 2. The van der Waals surface area contributed by atoms with Crippen molar-refractivity contribution in [2.75, 3.05) is 6.61 Å². The number of halogens is 3. The Hall–Kier alpha value is -0.710. The maximum atomic E-state index is 12.8. The Balaban J connectivity index is 0.00000196. The summed E-state index contributed by atoms with van der Waals surface area (Å²) in [4.78, 5) is 0. The van der Waals surface area contributed by atoms with Crippen LogP contribution in [0.25, 0.3) is 0 Å². The van der Waals surface area contributed by atoms with Gasteiger partial charge in [0.2, 0.25) is 0 Å². The summed E-state index contributed by atoms with van der Waals surface area (Å²) in [5.41, 5.74) is 6.10. The number of hydrogen-bond acceptors (Lipinski definition) is 2. The van der Waals surface area contributed by atoms with Crippen LogP contribution < -0.4 is 5.73 Å². The van der Waals surface area contributed by atoms with Gasteiger partial charge < -0.3 is 10.8 Å². The molecule has 0 aliphatic rings. The van der Waals surface area contributed by atoms with Crippen LogP contribution in [0.4, 0.5) is 8.78 Å². The van der Waals surface area contributed by atoms with Gasteiger partial charge in [-0.15, -0.1) is 12.4 Å². The van der Waals surface area contributed by atoms with Gasteiger partial charge in [0.25, 0.3) is 0 Å². The summed E-state index contributed by atoms with van der Waals surface area (Å²) >= 11 is 0. The normalized spacial score (nSPS) is 12.0. The molecule has 86 valence electrons. The Kier molecular flexibility index (Phi) is 6.40. The number of nitrogens with two attached hydrogens (primary N) is 1. The minimum absolute atomic E-state index is 0. The van der Waals surface area contributed by atoms with Crippen molar-refractivity contribution in [2.45, 2.75) is 18.9 Å². The summed E-state index contributed by atoms with van der Waals surface area (Å²) < 4.78 is 25.5. The molecule has 0 heterocycles. The SMILES string of the molecule is Cl.N[C@H](CCCO)c1cc(F)cc(F)c1. The van der Waals surface area contributed by atoms with Crippen LogP contribution in [0.2, 0.25) is 0 Å². The van der Waals surface area contributed by atoms with Gasteiger partial charge in [0.1, 0.15) is 11.6 Å². The second kappa shape index (κ2) is 6.71. The molecule has 0 aliphatic heterocycles. The van der Waals surface area contributed by atoms with Crippen molar-refractivity contribution in [2.24, 2.45) is 5.73 Å². The number of benzene rings is 1. The molecule has 0 aliphatic carbocycles. The molecule has 0 radical (unpaired) electrons. The average molecular weight is 238 g/mol. The van der Waals surface area contributed by atoms with E-state index in [9.17, 15) is 8.78 Å². The number of aliphatic hydroxyl groups is 1. The topological polar surface area (TPSA) is 46.2 Å². The highest BCUT2D eigenvalue weighted by Gasteiger charge is 2.08. The maximum Gasteiger partial charge on any atom is 0.126 e. The molecule has 0 aromatic heterocycles. The molecule has 1 aromatic rings. The molecule has 2 nitrogen and oxygen atoms in total. The molecule has 1 rings (SSSR count). The van der Waals surface area contributed by atoms with E-state index in [2.05, 4.69) is 0 Å². The van der Waals surface area contributed by atoms with Crippen molar-refractivity contribution in [1.82, 2.24) is 0 Å². The van der Waals surface area contributed by atoms with E-state index in [1.54, 1.807) is 0 Å². The first-order valence-corrected chi connectivity index (χ1v) is 4.46. The van der Waals surface area contributed by atoms with Gasteiger partial charge in [-0.2, -0.15) is 0 Å². The van der Waals surface area contributed by atoms with Crippen LogP contribution in [-0.4, -0.2) is 11.7 Å². The predicted octanol–water partition coefficient (Wildman–Crippen LogP) is 2.16. The standard InChI is InChI=1S/C10H13F2NO.ClH/c11-8-4-7(5-9(12)6-8)10(13)2-1-3-14;/h4-6,10,14H,1-3,13H2;1H/t10-;/m1./s1. The third-order valence-corrected chi connectivity index (χ3v) is 1.99. The Labute approximate surface area is 93.5 Å². The van der Waals surface area contributed by atoms with E-state index < -0.39 is 17.7 Å². The van der Waals surface area contributed by atoms with Gasteiger partial charge in [0, 0.05) is 18.7 Å². The summed E-state index contributed by atoms with van der Waals surface area (Å²) in [6, 6.07) is 2.81. The summed E-state index contributed by atoms with van der Waals surface area (Å²) in [6.45, 7) is 0.0332. The zero-order valence-electron chi connectivity index (χ0n) is 8.12. The lowest BCUT2D eigenvalue weighted by Crippen LogP contribution is -2.11. The highest BCUT2D eigenvalue weighted by molar-refractivity contribution is 5.85. The van der Waals surface area contributed by atoms with Crippen LogP contribution in [0.15, 0.2) is 18.2 Å². The summed E-state index contributed by atoms with van der Waals surface area (Å²) in [6.07, 6.45) is 1.04. The van der Waals surface area contributed by atoms with Crippen LogP contribution >= 0.6 is 12.4 Å². The molecule has 0 bridgehead atoms. The summed E-state index contributed by atoms with van der Waals surface area (Å²) in [5, 5.41) is 8.57. The van der Waals surface area contributed by atoms with Gasteiger partial charge in [-0.3, -0.25) is 0 Å². The monoisotopic (exact) mass is 237 g/mol. The molecule has 0 amide bonds. The lowest BCUT2D eigenvalue weighted by Gasteiger charge is -2.11. The molecular weight excluding hydrogens is 224 g/mol. The molecule has 15 heavy (non-hydrogen) atoms. The average Bonchev–Trinajstić information content (AvgIpc) is 2.12. The van der Waals surface area contributed by atoms with Crippen molar-refractivity contribution in [1.29, 1.82) is 0 Å². The van der Waals surface area contributed by atoms with Gasteiger partial charge >= 0.3 is 0 Å². The summed E-state index contributed by atoms with van der Waals surface area (Å²) in [7, 11) is 0. The molecular formula is C10H14ClF2NO. The van der Waals surface area contributed by atoms with E-state index in [0.717, 1.165) is 6.07 Å². The molecule has 0 saturated heterocycles. The fourth-order valence-electron chi connectivity index (χ4n) is 1.27. The third-order valence-electron chi connectivity index (χ3n) is 1.99. The molecule has 0 spiro atoms. The Morgan fingerprint density at radius 1 is 1.20 bits per heavy atom. The number of aliphatic hydroxyl groups excluding tert-OH is 1. The molecule has 5 heteroatoms. The van der Waals surface area contributed by atoms with Crippen LogP contribution in [-0.2, 0) is 0 Å². The largest absolute Gasteiger partial charge is 0.396 e. The van der Waals surface area contributed by atoms with E-state index in [-0.39, 0.29) is 19.0 Å². The van der Waals surface area contributed by atoms with E-state index in [0.29, 0.717) is 18.4 Å². The fourth-order valence-corrected chi connectivity index (χ4v) is 1.27. The first-order chi connectivity index (χ1) is 6.63. The van der Waals surface area contributed by atoms with Crippen molar-refractivity contribution < 1.29 is 13.9 Å². The Bertz CT molecular complexity index is 289. The van der Waals surface area contributed by atoms with E-state index in [1.165, 1.54) is 12.1 Å². The molecule has 1 aromatic carbocycles. The second-order valence-electron chi connectivity index (χ2n) is 3.18. The summed E-state index contributed by atoms with van der Waals surface area (Å²) in [5.74, 6) is -1.25. The van der Waals surface area contributed by atoms with Gasteiger partial charge in [0.15, 0.2) is 0 Å². The van der Waals surface area contributed by atoms with Crippen LogP contribution in [0.3, 0.4) is 0 Å². The molecule has 1 atom stereocenters. The minimum atomic E-state index is -0.626. The zero-order valence-corrected chi connectivity index (χ0v) is 8.94. The predicted molar refractivity (Wildman–Crippen MR) is 56.9 cm³/mol. The fraction of sp³-hybridized carbons (Fsp3) is 0.400. The lowest BCUT2D eigenvalue weighted by molar-refractivity contribution is 0.280. The first kappa shape index (κ1) is 14.3. The van der Waals surface area contributed by atoms with E-state index >= 15 is 0 Å². The highest BCUT2D eigenvalue weighted by Crippen LogP contribution is 2.18. The van der Waals surface area contributed by atoms with Crippen LogP contribution in [0.5, 0.6) is 0 Å². The molecule has 0 unspecified atom stereocenters. The van der Waals surface area contributed by atoms with E-state index in [4.69, 9.17) is 10.8 Å². The van der Waals surface area contributed by atoms with Crippen molar-refractivity contribution in [3.05, 3.63) is 35.4 Å². The first-order valence-electron chi connectivity index (χ1n) is 4.46. The Morgan fingerprint density at radius 3 is 2.20 bits per heavy atom. The number of rotatable bonds is 4. The second-order valence-corrected chi connectivity index (χ2v) is 3.18. The third kappa shape index (κ3) is 4.55. The maximum absolute atomic E-state index is 12.8. The van der Waals surface area contributed by atoms with Gasteiger partial charge in [-0.25, -0.2) is 8.78 Å².